The van der Waals surface area contributed by atoms with Gasteiger partial charge in [0.05, 0.1) is 4.92 Å². The van der Waals surface area contributed by atoms with E-state index in [4.69, 9.17) is 5.73 Å². The first-order valence-corrected chi connectivity index (χ1v) is 6.87. The number of nitro groups is 1. The summed E-state index contributed by atoms with van der Waals surface area (Å²) in [5.74, 6) is 0. The Morgan fingerprint density at radius 3 is 2.43 bits per heavy atom. The molecule has 0 aliphatic heterocycles. The van der Waals surface area contributed by atoms with Crippen molar-refractivity contribution in [3.63, 3.8) is 0 Å². The zero-order chi connectivity index (χ0) is 15.2. The molecular formula is C16H19N3O2. The SMILES string of the molecule is Cc1c(NCc2ccc(CCN)cc2)cccc1[N+](=O)[O-]. The van der Waals surface area contributed by atoms with Gasteiger partial charge in [-0.25, -0.2) is 0 Å². The van der Waals surface area contributed by atoms with E-state index in [1.54, 1.807) is 13.0 Å². The van der Waals surface area contributed by atoms with Crippen molar-refractivity contribution in [2.75, 3.05) is 11.9 Å². The molecule has 110 valence electrons. The Bertz CT molecular complexity index is 624. The minimum atomic E-state index is -0.359. The minimum Gasteiger partial charge on any atom is -0.381 e. The number of anilines is 1. The van der Waals surface area contributed by atoms with Crippen LogP contribution in [0.15, 0.2) is 42.5 Å². The quantitative estimate of drug-likeness (QED) is 0.631. The molecule has 2 aromatic rings. The van der Waals surface area contributed by atoms with Crippen LogP contribution in [0.1, 0.15) is 16.7 Å². The first-order valence-electron chi connectivity index (χ1n) is 6.87. The Morgan fingerprint density at radius 1 is 1.14 bits per heavy atom. The molecule has 3 N–H and O–H groups in total. The van der Waals surface area contributed by atoms with Crippen molar-refractivity contribution in [2.24, 2.45) is 5.73 Å². The number of hydrogen-bond donors (Lipinski definition) is 2. The van der Waals surface area contributed by atoms with Crippen LogP contribution in [-0.4, -0.2) is 11.5 Å². The van der Waals surface area contributed by atoms with E-state index in [0.29, 0.717) is 18.7 Å². The highest BCUT2D eigenvalue weighted by molar-refractivity contribution is 5.59. The lowest BCUT2D eigenvalue weighted by Crippen LogP contribution is -2.04. The average Bonchev–Trinajstić information content (AvgIpc) is 2.48. The number of nitro benzene ring substituents is 1. The lowest BCUT2D eigenvalue weighted by atomic mass is 10.1. The van der Waals surface area contributed by atoms with Crippen molar-refractivity contribution in [3.05, 3.63) is 69.3 Å². The second kappa shape index (κ2) is 6.85. The molecule has 2 rings (SSSR count). The van der Waals surface area contributed by atoms with E-state index < -0.39 is 0 Å². The third-order valence-electron chi connectivity index (χ3n) is 3.44. The van der Waals surface area contributed by atoms with Crippen LogP contribution in [0, 0.1) is 17.0 Å². The summed E-state index contributed by atoms with van der Waals surface area (Å²) in [6, 6.07) is 13.3. The number of nitrogens with zero attached hydrogens (tertiary/aromatic N) is 1. The van der Waals surface area contributed by atoms with Gasteiger partial charge >= 0.3 is 0 Å². The monoisotopic (exact) mass is 285 g/mol. The standard InChI is InChI=1S/C16H19N3O2/c1-12-15(3-2-4-16(12)19(20)21)18-11-14-7-5-13(6-8-14)9-10-17/h2-8,18H,9-11,17H2,1H3. The van der Waals surface area contributed by atoms with Crippen LogP contribution in [-0.2, 0) is 13.0 Å². The number of rotatable bonds is 6. The molecule has 0 atom stereocenters. The Kier molecular flexibility index (Phi) is 4.90. The molecule has 0 amide bonds. The van der Waals surface area contributed by atoms with Crippen LogP contribution >= 0.6 is 0 Å². The van der Waals surface area contributed by atoms with Gasteiger partial charge in [-0.1, -0.05) is 30.3 Å². The lowest BCUT2D eigenvalue weighted by molar-refractivity contribution is -0.385. The average molecular weight is 285 g/mol. The van der Waals surface area contributed by atoms with Crippen LogP contribution in [0.4, 0.5) is 11.4 Å². The molecule has 0 fully saturated rings. The van der Waals surface area contributed by atoms with E-state index in [9.17, 15) is 10.1 Å². The highest BCUT2D eigenvalue weighted by atomic mass is 16.6. The maximum absolute atomic E-state index is 10.9. The Morgan fingerprint density at radius 2 is 1.81 bits per heavy atom. The Hall–Kier alpha value is -2.40. The molecule has 0 saturated carbocycles. The first-order chi connectivity index (χ1) is 10.1. The van der Waals surface area contributed by atoms with Gasteiger partial charge in [-0.2, -0.15) is 0 Å². The second-order valence-corrected chi connectivity index (χ2v) is 4.92. The van der Waals surface area contributed by atoms with Crippen molar-refractivity contribution < 1.29 is 4.92 Å². The van der Waals surface area contributed by atoms with Gasteiger partial charge in [0.1, 0.15) is 0 Å². The van der Waals surface area contributed by atoms with Crippen molar-refractivity contribution >= 4 is 11.4 Å². The van der Waals surface area contributed by atoms with Crippen molar-refractivity contribution in [1.82, 2.24) is 0 Å². The Labute approximate surface area is 123 Å². The van der Waals surface area contributed by atoms with Crippen LogP contribution in [0.3, 0.4) is 0 Å². The summed E-state index contributed by atoms with van der Waals surface area (Å²) in [5, 5.41) is 14.2. The molecule has 5 heteroatoms. The molecule has 0 spiro atoms. The van der Waals surface area contributed by atoms with Gasteiger partial charge in [0.2, 0.25) is 0 Å². The van der Waals surface area contributed by atoms with E-state index in [1.165, 1.54) is 11.6 Å². The molecule has 0 aromatic heterocycles. The smallest absolute Gasteiger partial charge is 0.274 e. The predicted molar refractivity (Wildman–Crippen MR) is 84.4 cm³/mol. The third-order valence-corrected chi connectivity index (χ3v) is 3.44. The normalized spacial score (nSPS) is 10.4. The molecule has 0 aliphatic carbocycles. The fourth-order valence-electron chi connectivity index (χ4n) is 2.20. The fourth-order valence-corrected chi connectivity index (χ4v) is 2.20. The number of benzene rings is 2. The van der Waals surface area contributed by atoms with E-state index >= 15 is 0 Å². The van der Waals surface area contributed by atoms with E-state index in [1.807, 2.05) is 18.2 Å². The van der Waals surface area contributed by atoms with Gasteiger partial charge in [-0.15, -0.1) is 0 Å². The molecule has 0 bridgehead atoms. The van der Waals surface area contributed by atoms with Gasteiger partial charge in [0.25, 0.3) is 5.69 Å². The molecule has 0 heterocycles. The molecule has 21 heavy (non-hydrogen) atoms. The van der Waals surface area contributed by atoms with Crippen LogP contribution in [0.2, 0.25) is 0 Å². The van der Waals surface area contributed by atoms with Crippen molar-refractivity contribution in [1.29, 1.82) is 0 Å². The van der Waals surface area contributed by atoms with Crippen LogP contribution < -0.4 is 11.1 Å². The molecular weight excluding hydrogens is 266 g/mol. The van der Waals surface area contributed by atoms with E-state index in [-0.39, 0.29) is 10.6 Å². The minimum absolute atomic E-state index is 0.137. The number of nitrogens with two attached hydrogens (primary N) is 1. The van der Waals surface area contributed by atoms with Crippen LogP contribution in [0.25, 0.3) is 0 Å². The van der Waals surface area contributed by atoms with E-state index in [0.717, 1.165) is 17.7 Å². The molecule has 5 nitrogen and oxygen atoms in total. The highest BCUT2D eigenvalue weighted by Crippen LogP contribution is 2.25. The van der Waals surface area contributed by atoms with Crippen molar-refractivity contribution in [2.45, 2.75) is 19.9 Å². The topological polar surface area (TPSA) is 81.2 Å². The fraction of sp³-hybridized carbons (Fsp3) is 0.250. The summed E-state index contributed by atoms with van der Waals surface area (Å²) >= 11 is 0. The summed E-state index contributed by atoms with van der Waals surface area (Å²) < 4.78 is 0. The molecule has 0 aliphatic rings. The van der Waals surface area contributed by atoms with Gasteiger partial charge in [-0.3, -0.25) is 10.1 Å². The molecule has 0 saturated heterocycles. The summed E-state index contributed by atoms with van der Waals surface area (Å²) in [7, 11) is 0. The number of hydrogen-bond acceptors (Lipinski definition) is 4. The van der Waals surface area contributed by atoms with E-state index in [2.05, 4.69) is 17.4 Å². The molecule has 2 aromatic carbocycles. The van der Waals surface area contributed by atoms with Crippen molar-refractivity contribution in [3.8, 4) is 0 Å². The summed E-state index contributed by atoms with van der Waals surface area (Å²) in [5.41, 5.74) is 9.44. The predicted octanol–water partition coefficient (Wildman–Crippen LogP) is 3.02. The van der Waals surface area contributed by atoms with Gasteiger partial charge < -0.3 is 11.1 Å². The largest absolute Gasteiger partial charge is 0.381 e. The Balaban J connectivity index is 2.06. The van der Waals surface area contributed by atoms with Gasteiger partial charge in [0, 0.05) is 23.9 Å². The number of nitrogens with one attached hydrogen (secondary N) is 1. The third kappa shape index (κ3) is 3.79. The first kappa shape index (κ1) is 15.0. The molecule has 0 radical (unpaired) electrons. The summed E-state index contributed by atoms with van der Waals surface area (Å²) in [6.45, 7) is 3.03. The summed E-state index contributed by atoms with van der Waals surface area (Å²) in [4.78, 5) is 10.6. The maximum Gasteiger partial charge on any atom is 0.274 e. The molecule has 0 unspecified atom stereocenters. The zero-order valence-electron chi connectivity index (χ0n) is 12.0. The lowest BCUT2D eigenvalue weighted by Gasteiger charge is -2.10. The van der Waals surface area contributed by atoms with Gasteiger partial charge in [-0.05, 0) is 37.1 Å². The maximum atomic E-state index is 10.9. The van der Waals surface area contributed by atoms with Crippen LogP contribution in [0.5, 0.6) is 0 Å². The summed E-state index contributed by atoms with van der Waals surface area (Å²) in [6.07, 6.45) is 0.873. The van der Waals surface area contributed by atoms with Gasteiger partial charge in [0.15, 0.2) is 0 Å². The zero-order valence-corrected chi connectivity index (χ0v) is 12.0. The highest BCUT2D eigenvalue weighted by Gasteiger charge is 2.12. The second-order valence-electron chi connectivity index (χ2n) is 4.92.